The van der Waals surface area contributed by atoms with E-state index in [9.17, 15) is 4.79 Å². The molecule has 4 heteroatoms. The molecule has 2 fully saturated rings. The van der Waals surface area contributed by atoms with Crippen molar-refractivity contribution in [3.63, 3.8) is 0 Å². The van der Waals surface area contributed by atoms with E-state index in [1.54, 1.807) is 0 Å². The molecule has 0 aliphatic carbocycles. The Bertz CT molecular complexity index is 263. The zero-order valence-corrected chi connectivity index (χ0v) is 11.1. The van der Waals surface area contributed by atoms with Crippen molar-refractivity contribution in [1.29, 1.82) is 0 Å². The summed E-state index contributed by atoms with van der Waals surface area (Å²) in [5.41, 5.74) is 0. The summed E-state index contributed by atoms with van der Waals surface area (Å²) in [5.74, 6) is 0.332. The van der Waals surface area contributed by atoms with Crippen LogP contribution in [0, 0.1) is 0 Å². The van der Waals surface area contributed by atoms with Gasteiger partial charge in [0.1, 0.15) is 0 Å². The number of hydrogen-bond donors (Lipinski definition) is 1. The first-order valence-electron chi connectivity index (χ1n) is 6.94. The average molecular weight is 239 g/mol. The first-order chi connectivity index (χ1) is 8.18. The molecule has 0 aromatic rings. The molecule has 1 N–H and O–H groups in total. The van der Waals surface area contributed by atoms with Crippen LogP contribution in [0.2, 0.25) is 0 Å². The van der Waals surface area contributed by atoms with E-state index in [4.69, 9.17) is 0 Å². The molecular weight excluding hydrogens is 214 g/mol. The topological polar surface area (TPSA) is 35.6 Å². The number of nitrogens with one attached hydrogen (secondary N) is 1. The lowest BCUT2D eigenvalue weighted by Gasteiger charge is -2.38. The van der Waals surface area contributed by atoms with Crippen LogP contribution in [0.4, 0.5) is 0 Å². The van der Waals surface area contributed by atoms with Crippen LogP contribution >= 0.6 is 0 Å². The number of hydrogen-bond acceptors (Lipinski definition) is 3. The monoisotopic (exact) mass is 239 g/mol. The van der Waals surface area contributed by atoms with Crippen LogP contribution in [0.3, 0.4) is 0 Å². The van der Waals surface area contributed by atoms with Crippen LogP contribution in [0.5, 0.6) is 0 Å². The number of piperidine rings is 1. The number of likely N-dealkylation sites (tertiary alicyclic amines) is 1. The molecule has 2 atom stereocenters. The smallest absolute Gasteiger partial charge is 0.239 e. The Morgan fingerprint density at radius 2 is 1.94 bits per heavy atom. The van der Waals surface area contributed by atoms with Gasteiger partial charge >= 0.3 is 0 Å². The van der Waals surface area contributed by atoms with Crippen LogP contribution in [-0.4, -0.2) is 60.5 Å². The molecule has 17 heavy (non-hydrogen) atoms. The molecule has 0 radical (unpaired) electrons. The molecule has 98 valence electrons. The molecule has 2 aliphatic heterocycles. The predicted octanol–water partition coefficient (Wildman–Crippen LogP) is 0.681. The van der Waals surface area contributed by atoms with Gasteiger partial charge in [-0.3, -0.25) is 9.69 Å². The van der Waals surface area contributed by atoms with Gasteiger partial charge in [-0.25, -0.2) is 0 Å². The number of carbonyl (C=O) groups excluding carboxylic acids is 1. The van der Waals surface area contributed by atoms with Gasteiger partial charge in [-0.05, 0) is 33.1 Å². The Hall–Kier alpha value is -0.610. The number of carbonyl (C=O) groups is 1. The first kappa shape index (κ1) is 12.8. The van der Waals surface area contributed by atoms with Gasteiger partial charge in [0.2, 0.25) is 5.91 Å². The van der Waals surface area contributed by atoms with Gasteiger partial charge < -0.3 is 10.2 Å². The standard InChI is InChI=1S/C13H25N3O/c1-11-10-16(9-6-14-11)12(2)13(17)15-7-4-3-5-8-15/h11-12,14H,3-10H2,1-2H3/t11-,12?/m0/s1. The lowest BCUT2D eigenvalue weighted by atomic mass is 10.1. The highest BCUT2D eigenvalue weighted by Gasteiger charge is 2.29. The van der Waals surface area contributed by atoms with Gasteiger partial charge in [0.05, 0.1) is 6.04 Å². The zero-order valence-electron chi connectivity index (χ0n) is 11.1. The zero-order chi connectivity index (χ0) is 12.3. The van der Waals surface area contributed by atoms with Crippen LogP contribution in [-0.2, 0) is 4.79 Å². The minimum Gasteiger partial charge on any atom is -0.341 e. The van der Waals surface area contributed by atoms with Gasteiger partial charge in [0.15, 0.2) is 0 Å². The molecule has 2 aliphatic rings. The summed E-state index contributed by atoms with van der Waals surface area (Å²) in [4.78, 5) is 16.7. The van der Waals surface area contributed by atoms with Crippen molar-refractivity contribution in [2.24, 2.45) is 0 Å². The first-order valence-corrected chi connectivity index (χ1v) is 6.94. The normalized spacial score (nSPS) is 29.1. The summed E-state index contributed by atoms with van der Waals surface area (Å²) in [7, 11) is 0. The van der Waals surface area contributed by atoms with Crippen molar-refractivity contribution < 1.29 is 4.79 Å². The molecule has 1 amide bonds. The largest absolute Gasteiger partial charge is 0.341 e. The molecule has 2 saturated heterocycles. The molecule has 4 nitrogen and oxygen atoms in total. The van der Waals surface area contributed by atoms with Crippen molar-refractivity contribution >= 4 is 5.91 Å². The maximum Gasteiger partial charge on any atom is 0.239 e. The molecule has 1 unspecified atom stereocenters. The second-order valence-corrected chi connectivity index (χ2v) is 5.41. The van der Waals surface area contributed by atoms with Crippen molar-refractivity contribution in [2.45, 2.75) is 45.2 Å². The number of amides is 1. The Balaban J connectivity index is 1.89. The average Bonchev–Trinajstić information content (AvgIpc) is 2.38. The van der Waals surface area contributed by atoms with E-state index in [1.807, 2.05) is 0 Å². The van der Waals surface area contributed by atoms with Gasteiger partial charge in [-0.1, -0.05) is 0 Å². The number of rotatable bonds is 2. The SMILES string of the molecule is CC(C(=O)N1CCCCC1)N1CCN[C@@H](C)C1. The second kappa shape index (κ2) is 5.83. The molecule has 0 bridgehead atoms. The molecule has 0 saturated carbocycles. The minimum absolute atomic E-state index is 0.0534. The highest BCUT2D eigenvalue weighted by atomic mass is 16.2. The second-order valence-electron chi connectivity index (χ2n) is 5.41. The molecule has 0 spiro atoms. The van der Waals surface area contributed by atoms with E-state index in [0.717, 1.165) is 32.7 Å². The molecule has 2 rings (SSSR count). The van der Waals surface area contributed by atoms with Crippen molar-refractivity contribution in [2.75, 3.05) is 32.7 Å². The Labute approximate surface area is 104 Å². The number of nitrogens with zero attached hydrogens (tertiary/aromatic N) is 2. The third-order valence-electron chi connectivity index (χ3n) is 3.97. The van der Waals surface area contributed by atoms with E-state index >= 15 is 0 Å². The van der Waals surface area contributed by atoms with Gasteiger partial charge in [0.25, 0.3) is 0 Å². The Morgan fingerprint density at radius 1 is 1.24 bits per heavy atom. The van der Waals surface area contributed by atoms with Crippen molar-refractivity contribution in [1.82, 2.24) is 15.1 Å². The fourth-order valence-electron chi connectivity index (χ4n) is 2.85. The summed E-state index contributed by atoms with van der Waals surface area (Å²) in [6.07, 6.45) is 3.63. The minimum atomic E-state index is 0.0534. The molecular formula is C13H25N3O. The summed E-state index contributed by atoms with van der Waals surface area (Å²) < 4.78 is 0. The number of piperazine rings is 1. The van der Waals surface area contributed by atoms with E-state index in [-0.39, 0.29) is 6.04 Å². The van der Waals surface area contributed by atoms with Crippen LogP contribution in [0.1, 0.15) is 33.1 Å². The van der Waals surface area contributed by atoms with E-state index in [0.29, 0.717) is 11.9 Å². The third-order valence-corrected chi connectivity index (χ3v) is 3.97. The Morgan fingerprint density at radius 3 is 2.59 bits per heavy atom. The molecule has 2 heterocycles. The predicted molar refractivity (Wildman–Crippen MR) is 68.9 cm³/mol. The highest BCUT2D eigenvalue weighted by molar-refractivity contribution is 5.81. The van der Waals surface area contributed by atoms with Gasteiger partial charge in [0, 0.05) is 38.8 Å². The van der Waals surface area contributed by atoms with Crippen molar-refractivity contribution in [3.8, 4) is 0 Å². The van der Waals surface area contributed by atoms with Crippen LogP contribution in [0.25, 0.3) is 0 Å². The maximum absolute atomic E-state index is 12.4. The van der Waals surface area contributed by atoms with Crippen LogP contribution in [0.15, 0.2) is 0 Å². The molecule has 0 aromatic carbocycles. The van der Waals surface area contributed by atoms with E-state index < -0.39 is 0 Å². The highest BCUT2D eigenvalue weighted by Crippen LogP contribution is 2.13. The van der Waals surface area contributed by atoms with E-state index in [1.165, 1.54) is 19.3 Å². The fraction of sp³-hybridized carbons (Fsp3) is 0.923. The quantitative estimate of drug-likeness (QED) is 0.770. The van der Waals surface area contributed by atoms with Crippen LogP contribution < -0.4 is 5.32 Å². The lowest BCUT2D eigenvalue weighted by Crippen LogP contribution is -2.56. The Kier molecular flexibility index (Phi) is 4.40. The van der Waals surface area contributed by atoms with Gasteiger partial charge in [-0.2, -0.15) is 0 Å². The van der Waals surface area contributed by atoms with Gasteiger partial charge in [-0.15, -0.1) is 0 Å². The maximum atomic E-state index is 12.4. The fourth-order valence-corrected chi connectivity index (χ4v) is 2.85. The summed E-state index contributed by atoms with van der Waals surface area (Å²) in [6.45, 7) is 9.15. The van der Waals surface area contributed by atoms with Crippen molar-refractivity contribution in [3.05, 3.63) is 0 Å². The lowest BCUT2D eigenvalue weighted by molar-refractivity contribution is -0.137. The third kappa shape index (κ3) is 3.19. The summed E-state index contributed by atoms with van der Waals surface area (Å²) >= 11 is 0. The summed E-state index contributed by atoms with van der Waals surface area (Å²) in [5, 5.41) is 3.42. The summed E-state index contributed by atoms with van der Waals surface area (Å²) in [6, 6.07) is 0.554. The molecule has 0 aromatic heterocycles. The van der Waals surface area contributed by atoms with E-state index in [2.05, 4.69) is 29.0 Å².